The Morgan fingerprint density at radius 3 is 2.59 bits per heavy atom. The van der Waals surface area contributed by atoms with Gasteiger partial charge >= 0.3 is 0 Å². The Bertz CT molecular complexity index is 1360. The van der Waals surface area contributed by atoms with E-state index in [1.54, 1.807) is 30.3 Å². The smallest absolute Gasteiger partial charge is 0.251 e. The van der Waals surface area contributed by atoms with Crippen molar-refractivity contribution in [1.82, 2.24) is 4.98 Å². The van der Waals surface area contributed by atoms with Crippen molar-refractivity contribution in [2.24, 2.45) is 4.99 Å². The first-order valence-electron chi connectivity index (χ1n) is 10.3. The highest BCUT2D eigenvalue weighted by atomic mass is 35.5. The number of aromatic nitrogens is 1. The van der Waals surface area contributed by atoms with Gasteiger partial charge in [-0.3, -0.25) is 9.79 Å². The van der Waals surface area contributed by atoms with Crippen LogP contribution in [0.3, 0.4) is 0 Å². The molecule has 6 heteroatoms. The molecule has 0 radical (unpaired) electrons. The van der Waals surface area contributed by atoms with Crippen molar-refractivity contribution in [3.63, 3.8) is 0 Å². The first-order valence-corrected chi connectivity index (χ1v) is 10.7. The molecular formula is C26H21ClN4O. The van der Waals surface area contributed by atoms with Gasteiger partial charge in [-0.25, -0.2) is 4.98 Å². The number of anilines is 2. The number of pyridine rings is 1. The maximum absolute atomic E-state index is 13.4. The van der Waals surface area contributed by atoms with Crippen LogP contribution in [0.15, 0.2) is 84.0 Å². The molecule has 5 nitrogen and oxygen atoms in total. The summed E-state index contributed by atoms with van der Waals surface area (Å²) in [6.07, 6.45) is 2.17. The minimum atomic E-state index is -0.583. The highest BCUT2D eigenvalue weighted by molar-refractivity contribution is 6.32. The zero-order valence-electron chi connectivity index (χ0n) is 17.5. The summed E-state index contributed by atoms with van der Waals surface area (Å²) in [6.45, 7) is 0. The lowest BCUT2D eigenvalue weighted by atomic mass is 10.0. The van der Waals surface area contributed by atoms with E-state index in [0.29, 0.717) is 23.0 Å². The minimum Gasteiger partial charge on any atom is -0.384 e. The van der Waals surface area contributed by atoms with Gasteiger partial charge in [0.05, 0.1) is 11.4 Å². The van der Waals surface area contributed by atoms with E-state index in [-0.39, 0.29) is 5.91 Å². The summed E-state index contributed by atoms with van der Waals surface area (Å²) < 4.78 is 0. The predicted molar refractivity (Wildman–Crippen MR) is 131 cm³/mol. The van der Waals surface area contributed by atoms with Gasteiger partial charge < -0.3 is 10.6 Å². The van der Waals surface area contributed by atoms with Crippen LogP contribution in [-0.4, -0.2) is 29.7 Å². The molecule has 1 atom stereocenters. The molecule has 0 fully saturated rings. The van der Waals surface area contributed by atoms with Crippen molar-refractivity contribution < 1.29 is 4.79 Å². The summed E-state index contributed by atoms with van der Waals surface area (Å²) in [5.74, 6) is 0.357. The highest BCUT2D eigenvalue weighted by Gasteiger charge is 2.30. The first-order chi connectivity index (χ1) is 15.5. The lowest BCUT2D eigenvalue weighted by Crippen LogP contribution is -2.36. The van der Waals surface area contributed by atoms with E-state index in [9.17, 15) is 4.79 Å². The van der Waals surface area contributed by atoms with E-state index < -0.39 is 6.04 Å². The number of nitrogens with zero attached hydrogens (tertiary/aromatic N) is 3. The molecule has 1 aliphatic rings. The summed E-state index contributed by atoms with van der Waals surface area (Å²) in [7, 11) is 1.78. The zero-order chi connectivity index (χ0) is 22.2. The summed E-state index contributed by atoms with van der Waals surface area (Å²) >= 11 is 6.32. The number of carbonyl (C=O) groups excluding carboxylic acids is 1. The summed E-state index contributed by atoms with van der Waals surface area (Å²) in [6, 6.07) is 23.0. The van der Waals surface area contributed by atoms with Gasteiger partial charge in [-0.15, -0.1) is 0 Å². The second-order valence-corrected chi connectivity index (χ2v) is 8.35. The molecule has 1 amide bonds. The van der Waals surface area contributed by atoms with Gasteiger partial charge in [0.25, 0.3) is 5.91 Å². The Hall–Kier alpha value is -3.70. The number of nitrogens with two attached hydrogens (primary N) is 1. The van der Waals surface area contributed by atoms with E-state index in [1.165, 1.54) is 5.39 Å². The van der Waals surface area contributed by atoms with E-state index >= 15 is 0 Å². The predicted octanol–water partition coefficient (Wildman–Crippen LogP) is 4.90. The maximum Gasteiger partial charge on any atom is 0.251 e. The van der Waals surface area contributed by atoms with Gasteiger partial charge in [0.15, 0.2) is 0 Å². The number of likely N-dealkylation sites (N-methyl/N-ethyl adjacent to an activating group) is 1. The third kappa shape index (κ3) is 3.72. The molecule has 3 aromatic carbocycles. The number of nitrogen functional groups attached to an aromatic ring is 1. The number of amides is 1. The van der Waals surface area contributed by atoms with Crippen LogP contribution >= 0.6 is 11.6 Å². The molecular weight excluding hydrogens is 420 g/mol. The van der Waals surface area contributed by atoms with E-state index in [2.05, 4.69) is 35.3 Å². The van der Waals surface area contributed by atoms with Crippen molar-refractivity contribution in [3.05, 3.63) is 101 Å². The first kappa shape index (κ1) is 20.2. The number of benzodiazepines with no additional fused rings is 1. The largest absolute Gasteiger partial charge is 0.384 e. The van der Waals surface area contributed by atoms with Gasteiger partial charge in [-0.2, -0.15) is 0 Å². The molecule has 0 bridgehead atoms. The Labute approximate surface area is 191 Å². The van der Waals surface area contributed by atoms with Crippen molar-refractivity contribution in [2.75, 3.05) is 17.7 Å². The van der Waals surface area contributed by atoms with Gasteiger partial charge in [-0.05, 0) is 46.7 Å². The fraction of sp³-hybridized carbons (Fsp3) is 0.115. The zero-order valence-corrected chi connectivity index (χ0v) is 18.3. The van der Waals surface area contributed by atoms with Crippen LogP contribution in [0.25, 0.3) is 10.8 Å². The van der Waals surface area contributed by atoms with Crippen molar-refractivity contribution in [3.8, 4) is 0 Å². The standard InChI is InChI=1S/C26H21ClN4O/c1-31-23-10-9-20(27)14-21(23)25(19-8-11-24(28)29-15-19)30-22(26(31)32)13-16-6-7-17-4-2-3-5-18(17)12-16/h2-12,14-15,22H,13H2,1H3,(H2,28,29). The molecule has 158 valence electrons. The molecule has 1 unspecified atom stereocenters. The fourth-order valence-corrected chi connectivity index (χ4v) is 4.28. The number of aliphatic imine (C=N–C) groups is 1. The normalized spacial score (nSPS) is 15.9. The highest BCUT2D eigenvalue weighted by Crippen LogP contribution is 2.31. The van der Waals surface area contributed by atoms with Gasteiger partial charge in [0, 0.05) is 35.8 Å². The molecule has 1 aliphatic heterocycles. The van der Waals surface area contributed by atoms with E-state index in [1.807, 2.05) is 30.3 Å². The quantitative estimate of drug-likeness (QED) is 0.492. The van der Waals surface area contributed by atoms with Crippen LogP contribution in [0.2, 0.25) is 5.02 Å². The van der Waals surface area contributed by atoms with Gasteiger partial charge in [0.1, 0.15) is 11.9 Å². The molecule has 0 saturated heterocycles. The molecule has 1 aromatic heterocycles. The molecule has 4 aromatic rings. The average Bonchev–Trinajstić information content (AvgIpc) is 2.90. The van der Waals surface area contributed by atoms with Crippen LogP contribution in [0.4, 0.5) is 11.5 Å². The van der Waals surface area contributed by atoms with Gasteiger partial charge in [-0.1, -0.05) is 54.1 Å². The molecule has 2 N–H and O–H groups in total. The molecule has 0 aliphatic carbocycles. The monoisotopic (exact) mass is 440 g/mol. The van der Waals surface area contributed by atoms with Crippen LogP contribution < -0.4 is 10.6 Å². The number of hydrogen-bond acceptors (Lipinski definition) is 4. The number of hydrogen-bond donors (Lipinski definition) is 1. The lowest BCUT2D eigenvalue weighted by molar-refractivity contribution is -0.119. The molecule has 5 rings (SSSR count). The van der Waals surface area contributed by atoms with Crippen molar-refractivity contribution in [2.45, 2.75) is 12.5 Å². The molecule has 0 spiro atoms. The number of fused-ring (bicyclic) bond motifs is 2. The topological polar surface area (TPSA) is 71.6 Å². The Morgan fingerprint density at radius 1 is 1.00 bits per heavy atom. The number of carbonyl (C=O) groups is 1. The summed E-state index contributed by atoms with van der Waals surface area (Å²) in [5, 5.41) is 2.88. The van der Waals surface area contributed by atoms with E-state index in [4.69, 9.17) is 22.3 Å². The van der Waals surface area contributed by atoms with Crippen molar-refractivity contribution >= 4 is 45.5 Å². The second kappa shape index (κ2) is 8.09. The van der Waals surface area contributed by atoms with E-state index in [0.717, 1.165) is 27.8 Å². The number of benzene rings is 3. The average molecular weight is 441 g/mol. The molecule has 0 saturated carbocycles. The Morgan fingerprint density at radius 2 is 1.81 bits per heavy atom. The molecule has 2 heterocycles. The Kier molecular flexibility index (Phi) is 5.11. The lowest BCUT2D eigenvalue weighted by Gasteiger charge is -2.20. The third-order valence-corrected chi connectivity index (χ3v) is 6.01. The Balaban J connectivity index is 1.63. The number of rotatable bonds is 3. The summed E-state index contributed by atoms with van der Waals surface area (Å²) in [4.78, 5) is 24.3. The SMILES string of the molecule is CN1C(=O)C(Cc2ccc3ccccc3c2)N=C(c2ccc(N)nc2)c2cc(Cl)ccc21. The molecule has 32 heavy (non-hydrogen) atoms. The maximum atomic E-state index is 13.4. The van der Waals surface area contributed by atoms with Crippen LogP contribution in [0.1, 0.15) is 16.7 Å². The third-order valence-electron chi connectivity index (χ3n) is 5.78. The van der Waals surface area contributed by atoms with Crippen LogP contribution in [-0.2, 0) is 11.2 Å². The number of halogens is 1. The summed E-state index contributed by atoms with van der Waals surface area (Å²) in [5.41, 5.74) is 9.86. The minimum absolute atomic E-state index is 0.0693. The van der Waals surface area contributed by atoms with Crippen LogP contribution in [0, 0.1) is 0 Å². The van der Waals surface area contributed by atoms with Crippen molar-refractivity contribution in [1.29, 1.82) is 0 Å². The van der Waals surface area contributed by atoms with Crippen LogP contribution in [0.5, 0.6) is 0 Å². The van der Waals surface area contributed by atoms with Gasteiger partial charge in [0.2, 0.25) is 0 Å². The second-order valence-electron chi connectivity index (χ2n) is 7.91. The fourth-order valence-electron chi connectivity index (χ4n) is 4.11.